The average Bonchev–Trinajstić information content (AvgIpc) is 2.97. The Morgan fingerprint density at radius 3 is 2.31 bits per heavy atom. The first-order valence-corrected chi connectivity index (χ1v) is 4.94. The standard InChI is InChI=1S/C11H10F4O/c12-9-5-7(10(16)6-1-2-6)3-4-8(9)11(13,14)15/h3-6,10,16H,1-2H2/t10-/m1/s1. The number of hydrogen-bond donors (Lipinski definition) is 1. The number of benzene rings is 1. The van der Waals surface area contributed by atoms with Crippen molar-refractivity contribution in [2.24, 2.45) is 5.92 Å². The molecule has 88 valence electrons. The van der Waals surface area contributed by atoms with E-state index in [2.05, 4.69) is 0 Å². The van der Waals surface area contributed by atoms with Gasteiger partial charge >= 0.3 is 6.18 Å². The number of halogens is 4. The van der Waals surface area contributed by atoms with E-state index in [1.807, 2.05) is 0 Å². The molecule has 0 aromatic heterocycles. The maximum absolute atomic E-state index is 13.2. The van der Waals surface area contributed by atoms with Crippen molar-refractivity contribution >= 4 is 0 Å². The van der Waals surface area contributed by atoms with E-state index in [0.29, 0.717) is 6.07 Å². The first-order valence-electron chi connectivity index (χ1n) is 4.94. The van der Waals surface area contributed by atoms with Crippen molar-refractivity contribution < 1.29 is 22.7 Å². The second-order valence-electron chi connectivity index (χ2n) is 4.02. The molecule has 1 aliphatic carbocycles. The molecular formula is C11H10F4O. The largest absolute Gasteiger partial charge is 0.419 e. The summed E-state index contributed by atoms with van der Waals surface area (Å²) in [7, 11) is 0. The van der Waals surface area contributed by atoms with Gasteiger partial charge in [-0.3, -0.25) is 0 Å². The van der Waals surface area contributed by atoms with Crippen molar-refractivity contribution in [3.05, 3.63) is 35.1 Å². The van der Waals surface area contributed by atoms with Gasteiger partial charge in [-0.2, -0.15) is 13.2 Å². The van der Waals surface area contributed by atoms with Crippen LogP contribution in [0.1, 0.15) is 30.1 Å². The van der Waals surface area contributed by atoms with E-state index in [0.717, 1.165) is 25.0 Å². The third kappa shape index (κ3) is 2.19. The molecule has 1 aromatic carbocycles. The SMILES string of the molecule is O[C@@H](c1ccc(C(F)(F)F)c(F)c1)C1CC1. The first-order chi connectivity index (χ1) is 7.39. The molecule has 0 unspecified atom stereocenters. The Hall–Kier alpha value is -1.10. The third-order valence-corrected chi connectivity index (χ3v) is 2.71. The predicted molar refractivity (Wildman–Crippen MR) is 49.1 cm³/mol. The quantitative estimate of drug-likeness (QED) is 0.778. The molecule has 0 amide bonds. The first kappa shape index (κ1) is 11.4. The zero-order valence-corrected chi connectivity index (χ0v) is 8.26. The van der Waals surface area contributed by atoms with Crippen molar-refractivity contribution in [1.82, 2.24) is 0 Å². The average molecular weight is 234 g/mol. The second-order valence-corrected chi connectivity index (χ2v) is 4.02. The van der Waals surface area contributed by atoms with Crippen LogP contribution in [0.2, 0.25) is 0 Å². The summed E-state index contributed by atoms with van der Waals surface area (Å²) in [6.45, 7) is 0. The van der Waals surface area contributed by atoms with Crippen molar-refractivity contribution in [2.75, 3.05) is 0 Å². The lowest BCUT2D eigenvalue weighted by Gasteiger charge is -2.12. The minimum Gasteiger partial charge on any atom is -0.388 e. The van der Waals surface area contributed by atoms with Gasteiger partial charge in [0.25, 0.3) is 0 Å². The van der Waals surface area contributed by atoms with Crippen LogP contribution in [0.4, 0.5) is 17.6 Å². The van der Waals surface area contributed by atoms with Gasteiger partial charge in [0.2, 0.25) is 0 Å². The Labute approximate surface area is 89.7 Å². The molecule has 0 aliphatic heterocycles. The van der Waals surface area contributed by atoms with E-state index in [4.69, 9.17) is 0 Å². The van der Waals surface area contributed by atoms with Crippen molar-refractivity contribution in [1.29, 1.82) is 0 Å². The van der Waals surface area contributed by atoms with Crippen molar-refractivity contribution in [2.45, 2.75) is 25.1 Å². The number of aliphatic hydroxyl groups is 1. The van der Waals surface area contributed by atoms with E-state index < -0.39 is 23.7 Å². The van der Waals surface area contributed by atoms with Crippen LogP contribution in [-0.2, 0) is 6.18 Å². The van der Waals surface area contributed by atoms with E-state index in [9.17, 15) is 22.7 Å². The number of rotatable bonds is 2. The summed E-state index contributed by atoms with van der Waals surface area (Å²) in [6.07, 6.45) is -3.86. The Bertz CT molecular complexity index is 395. The molecule has 16 heavy (non-hydrogen) atoms. The minimum atomic E-state index is -4.69. The van der Waals surface area contributed by atoms with Gasteiger partial charge in [-0.25, -0.2) is 4.39 Å². The molecule has 0 bridgehead atoms. The van der Waals surface area contributed by atoms with E-state index >= 15 is 0 Å². The highest BCUT2D eigenvalue weighted by molar-refractivity contribution is 5.28. The van der Waals surface area contributed by atoms with Gasteiger partial charge in [-0.05, 0) is 36.5 Å². The third-order valence-electron chi connectivity index (χ3n) is 2.71. The van der Waals surface area contributed by atoms with Crippen LogP contribution < -0.4 is 0 Å². The maximum atomic E-state index is 13.2. The number of alkyl halides is 3. The fraction of sp³-hybridized carbons (Fsp3) is 0.455. The normalized spacial score (nSPS) is 18.6. The van der Waals surface area contributed by atoms with Gasteiger partial charge in [-0.1, -0.05) is 6.07 Å². The molecule has 1 saturated carbocycles. The summed E-state index contributed by atoms with van der Waals surface area (Å²) in [6, 6.07) is 2.58. The van der Waals surface area contributed by atoms with E-state index in [1.54, 1.807) is 0 Å². The summed E-state index contributed by atoms with van der Waals surface area (Å²) >= 11 is 0. The van der Waals surface area contributed by atoms with E-state index in [1.165, 1.54) is 0 Å². The molecule has 0 heterocycles. The monoisotopic (exact) mass is 234 g/mol. The highest BCUT2D eigenvalue weighted by Crippen LogP contribution is 2.41. The second kappa shape index (κ2) is 3.73. The number of aliphatic hydroxyl groups excluding tert-OH is 1. The van der Waals surface area contributed by atoms with Gasteiger partial charge in [0.05, 0.1) is 11.7 Å². The van der Waals surface area contributed by atoms with Crippen LogP contribution in [0.15, 0.2) is 18.2 Å². The van der Waals surface area contributed by atoms with Gasteiger partial charge < -0.3 is 5.11 Å². The van der Waals surface area contributed by atoms with Gasteiger partial charge in [-0.15, -0.1) is 0 Å². The zero-order valence-electron chi connectivity index (χ0n) is 8.26. The molecule has 1 fully saturated rings. The summed E-state index contributed by atoms with van der Waals surface area (Å²) in [5, 5.41) is 9.63. The predicted octanol–water partition coefficient (Wildman–Crippen LogP) is 3.29. The molecule has 1 aromatic rings. The molecule has 0 spiro atoms. The molecular weight excluding hydrogens is 224 g/mol. The molecule has 1 nitrogen and oxygen atoms in total. The summed E-state index contributed by atoms with van der Waals surface area (Å²) in [5.74, 6) is -1.26. The highest BCUT2D eigenvalue weighted by atomic mass is 19.4. The Morgan fingerprint density at radius 1 is 1.25 bits per heavy atom. The lowest BCUT2D eigenvalue weighted by molar-refractivity contribution is -0.140. The van der Waals surface area contributed by atoms with E-state index in [-0.39, 0.29) is 11.5 Å². The lowest BCUT2D eigenvalue weighted by Crippen LogP contribution is -2.09. The molecule has 0 radical (unpaired) electrons. The zero-order chi connectivity index (χ0) is 11.9. The fourth-order valence-corrected chi connectivity index (χ4v) is 1.63. The van der Waals surface area contributed by atoms with Crippen molar-refractivity contribution in [3.8, 4) is 0 Å². The van der Waals surface area contributed by atoms with Crippen LogP contribution >= 0.6 is 0 Å². The molecule has 2 rings (SSSR count). The van der Waals surface area contributed by atoms with Crippen LogP contribution in [0.5, 0.6) is 0 Å². The van der Waals surface area contributed by atoms with Crippen LogP contribution in [0, 0.1) is 11.7 Å². The number of hydrogen-bond acceptors (Lipinski definition) is 1. The summed E-state index contributed by atoms with van der Waals surface area (Å²) in [4.78, 5) is 0. The Balaban J connectivity index is 2.28. The highest BCUT2D eigenvalue weighted by Gasteiger charge is 2.36. The van der Waals surface area contributed by atoms with Gasteiger partial charge in [0, 0.05) is 0 Å². The molecule has 1 N–H and O–H groups in total. The van der Waals surface area contributed by atoms with Crippen LogP contribution in [0.25, 0.3) is 0 Å². The topological polar surface area (TPSA) is 20.2 Å². The fourth-order valence-electron chi connectivity index (χ4n) is 1.63. The summed E-state index contributed by atoms with van der Waals surface area (Å²) in [5.41, 5.74) is -1.08. The van der Waals surface area contributed by atoms with Crippen LogP contribution in [-0.4, -0.2) is 5.11 Å². The molecule has 1 atom stereocenters. The van der Waals surface area contributed by atoms with Gasteiger partial charge in [0.15, 0.2) is 0 Å². The smallest absolute Gasteiger partial charge is 0.388 e. The maximum Gasteiger partial charge on any atom is 0.419 e. The molecule has 1 aliphatic rings. The van der Waals surface area contributed by atoms with Crippen molar-refractivity contribution in [3.63, 3.8) is 0 Å². The molecule has 0 saturated heterocycles. The Kier molecular flexibility index (Phi) is 2.66. The Morgan fingerprint density at radius 2 is 1.88 bits per heavy atom. The van der Waals surface area contributed by atoms with Gasteiger partial charge in [0.1, 0.15) is 5.82 Å². The lowest BCUT2D eigenvalue weighted by atomic mass is 10.0. The minimum absolute atomic E-state index is 0.0659. The molecule has 5 heteroatoms. The summed E-state index contributed by atoms with van der Waals surface area (Å²) < 4.78 is 49.9. The van der Waals surface area contributed by atoms with Crippen LogP contribution in [0.3, 0.4) is 0 Å².